The second kappa shape index (κ2) is 7.22. The standard InChI is InChI=1S/C15H25N3O2S/c1-3-13-7-6-11-18(12-9-13)21(19,20)14-8-5-10-17-15(14)16-4-2/h5,8,10,13H,3-4,6-7,9,11-12H2,1-2H3,(H,16,17). The minimum absolute atomic E-state index is 0.293. The number of pyridine rings is 1. The molecule has 6 heteroatoms. The lowest BCUT2D eigenvalue weighted by atomic mass is 9.98. The first-order valence-corrected chi connectivity index (χ1v) is 9.22. The molecule has 1 aliphatic heterocycles. The van der Waals surface area contributed by atoms with E-state index in [0.29, 0.717) is 36.3 Å². The summed E-state index contributed by atoms with van der Waals surface area (Å²) in [6, 6.07) is 3.32. The molecular formula is C15H25N3O2S. The monoisotopic (exact) mass is 311 g/mol. The van der Waals surface area contributed by atoms with Gasteiger partial charge in [-0.3, -0.25) is 0 Å². The zero-order chi connectivity index (χ0) is 15.3. The summed E-state index contributed by atoms with van der Waals surface area (Å²) in [5, 5.41) is 3.04. The number of nitrogens with zero attached hydrogens (tertiary/aromatic N) is 2. The van der Waals surface area contributed by atoms with Gasteiger partial charge in [-0.25, -0.2) is 13.4 Å². The van der Waals surface area contributed by atoms with E-state index >= 15 is 0 Å². The zero-order valence-electron chi connectivity index (χ0n) is 12.9. The summed E-state index contributed by atoms with van der Waals surface area (Å²) in [4.78, 5) is 4.46. The van der Waals surface area contributed by atoms with E-state index in [0.717, 1.165) is 25.7 Å². The van der Waals surface area contributed by atoms with Crippen LogP contribution in [0.15, 0.2) is 23.2 Å². The average molecular weight is 311 g/mol. The quantitative estimate of drug-likeness (QED) is 0.908. The minimum atomic E-state index is -3.46. The average Bonchev–Trinajstić information content (AvgIpc) is 2.74. The van der Waals surface area contributed by atoms with Gasteiger partial charge in [0.25, 0.3) is 0 Å². The zero-order valence-corrected chi connectivity index (χ0v) is 13.7. The smallest absolute Gasteiger partial charge is 0.246 e. The predicted molar refractivity (Wildman–Crippen MR) is 84.8 cm³/mol. The molecule has 1 fully saturated rings. The van der Waals surface area contributed by atoms with Crippen molar-refractivity contribution in [2.75, 3.05) is 25.0 Å². The van der Waals surface area contributed by atoms with Gasteiger partial charge in [-0.1, -0.05) is 13.3 Å². The summed E-state index contributed by atoms with van der Waals surface area (Å²) in [5.74, 6) is 1.10. The summed E-state index contributed by atoms with van der Waals surface area (Å²) < 4.78 is 27.4. The van der Waals surface area contributed by atoms with Crippen LogP contribution in [0.1, 0.15) is 39.5 Å². The van der Waals surface area contributed by atoms with E-state index in [9.17, 15) is 8.42 Å². The Morgan fingerprint density at radius 1 is 1.33 bits per heavy atom. The highest BCUT2D eigenvalue weighted by Gasteiger charge is 2.29. The first-order valence-electron chi connectivity index (χ1n) is 7.78. The Labute approximate surface area is 127 Å². The Kier molecular flexibility index (Phi) is 5.58. The number of nitrogens with one attached hydrogen (secondary N) is 1. The van der Waals surface area contributed by atoms with E-state index < -0.39 is 10.0 Å². The molecule has 1 atom stereocenters. The van der Waals surface area contributed by atoms with E-state index in [2.05, 4.69) is 17.2 Å². The van der Waals surface area contributed by atoms with Crippen LogP contribution in [0.25, 0.3) is 0 Å². The summed E-state index contributed by atoms with van der Waals surface area (Å²) in [5.41, 5.74) is 0. The van der Waals surface area contributed by atoms with Gasteiger partial charge < -0.3 is 5.32 Å². The molecule has 1 aromatic rings. The maximum absolute atomic E-state index is 12.9. The fraction of sp³-hybridized carbons (Fsp3) is 0.667. The van der Waals surface area contributed by atoms with Gasteiger partial charge in [0, 0.05) is 25.8 Å². The molecule has 1 unspecified atom stereocenters. The van der Waals surface area contributed by atoms with Gasteiger partial charge in [-0.15, -0.1) is 0 Å². The molecule has 0 radical (unpaired) electrons. The van der Waals surface area contributed by atoms with Gasteiger partial charge in [0.05, 0.1) is 0 Å². The molecule has 118 valence electrons. The van der Waals surface area contributed by atoms with Gasteiger partial charge in [0.1, 0.15) is 10.7 Å². The third kappa shape index (κ3) is 3.74. The highest BCUT2D eigenvalue weighted by Crippen LogP contribution is 2.27. The Bertz CT molecular complexity index is 560. The van der Waals surface area contributed by atoms with Crippen molar-refractivity contribution < 1.29 is 8.42 Å². The molecular weight excluding hydrogens is 286 g/mol. The highest BCUT2D eigenvalue weighted by atomic mass is 32.2. The van der Waals surface area contributed by atoms with Gasteiger partial charge in [-0.2, -0.15) is 4.31 Å². The maximum Gasteiger partial charge on any atom is 0.246 e. The third-order valence-electron chi connectivity index (χ3n) is 4.12. The number of anilines is 1. The molecule has 0 spiro atoms. The molecule has 2 rings (SSSR count). The van der Waals surface area contributed by atoms with Crippen molar-refractivity contribution in [3.8, 4) is 0 Å². The van der Waals surface area contributed by atoms with Crippen LogP contribution in [0.4, 0.5) is 5.82 Å². The van der Waals surface area contributed by atoms with Crippen molar-refractivity contribution in [2.45, 2.75) is 44.4 Å². The lowest BCUT2D eigenvalue weighted by molar-refractivity contribution is 0.407. The number of rotatable bonds is 5. The Balaban J connectivity index is 2.25. The topological polar surface area (TPSA) is 62.3 Å². The fourth-order valence-corrected chi connectivity index (χ4v) is 4.44. The maximum atomic E-state index is 12.9. The highest BCUT2D eigenvalue weighted by molar-refractivity contribution is 7.89. The first-order chi connectivity index (χ1) is 10.1. The lowest BCUT2D eigenvalue weighted by Gasteiger charge is -2.21. The van der Waals surface area contributed by atoms with E-state index in [4.69, 9.17) is 0 Å². The van der Waals surface area contributed by atoms with E-state index in [1.54, 1.807) is 22.6 Å². The lowest BCUT2D eigenvalue weighted by Crippen LogP contribution is -2.32. The van der Waals surface area contributed by atoms with Crippen LogP contribution >= 0.6 is 0 Å². The van der Waals surface area contributed by atoms with Crippen molar-refractivity contribution in [2.24, 2.45) is 5.92 Å². The van der Waals surface area contributed by atoms with Gasteiger partial charge in [-0.05, 0) is 44.2 Å². The Morgan fingerprint density at radius 2 is 2.14 bits per heavy atom. The minimum Gasteiger partial charge on any atom is -0.369 e. The van der Waals surface area contributed by atoms with Crippen LogP contribution in [0, 0.1) is 5.92 Å². The van der Waals surface area contributed by atoms with Gasteiger partial charge in [0.2, 0.25) is 10.0 Å². The van der Waals surface area contributed by atoms with Crippen LogP contribution in [-0.4, -0.2) is 37.3 Å². The normalized spacial score (nSPS) is 21.0. The summed E-state index contributed by atoms with van der Waals surface area (Å²) in [6.07, 6.45) is 5.76. The number of aromatic nitrogens is 1. The molecule has 2 heterocycles. The third-order valence-corrected chi connectivity index (χ3v) is 6.05. The molecule has 0 amide bonds. The SMILES string of the molecule is CCNc1ncccc1S(=O)(=O)N1CCCC(CC)CC1. The van der Waals surface area contributed by atoms with Crippen LogP contribution in [0.5, 0.6) is 0 Å². The molecule has 0 saturated carbocycles. The van der Waals surface area contributed by atoms with Gasteiger partial charge >= 0.3 is 0 Å². The van der Waals surface area contributed by atoms with E-state index in [-0.39, 0.29) is 0 Å². The molecule has 5 nitrogen and oxygen atoms in total. The molecule has 1 aliphatic rings. The summed E-state index contributed by atoms with van der Waals surface area (Å²) in [7, 11) is -3.46. The van der Waals surface area contributed by atoms with Crippen molar-refractivity contribution in [3.05, 3.63) is 18.3 Å². The molecule has 1 N–H and O–H groups in total. The predicted octanol–water partition coefficient (Wildman–Crippen LogP) is 2.71. The van der Waals surface area contributed by atoms with E-state index in [1.165, 1.54) is 0 Å². The second-order valence-corrected chi connectivity index (χ2v) is 7.40. The van der Waals surface area contributed by atoms with Crippen LogP contribution in [0.3, 0.4) is 0 Å². The Hall–Kier alpha value is -1.14. The molecule has 0 aliphatic carbocycles. The first kappa shape index (κ1) is 16.2. The molecule has 0 aromatic carbocycles. The summed E-state index contributed by atoms with van der Waals surface area (Å²) >= 11 is 0. The Morgan fingerprint density at radius 3 is 2.86 bits per heavy atom. The fourth-order valence-electron chi connectivity index (χ4n) is 2.83. The molecule has 1 saturated heterocycles. The van der Waals surface area contributed by atoms with Crippen molar-refractivity contribution in [1.29, 1.82) is 0 Å². The molecule has 0 bridgehead atoms. The summed E-state index contributed by atoms with van der Waals surface area (Å²) in [6.45, 7) is 5.99. The molecule has 1 aromatic heterocycles. The number of hydrogen-bond acceptors (Lipinski definition) is 4. The van der Waals surface area contributed by atoms with Crippen LogP contribution in [0.2, 0.25) is 0 Å². The largest absolute Gasteiger partial charge is 0.369 e. The second-order valence-electron chi connectivity index (χ2n) is 5.49. The van der Waals surface area contributed by atoms with Crippen molar-refractivity contribution in [3.63, 3.8) is 0 Å². The van der Waals surface area contributed by atoms with E-state index in [1.807, 2.05) is 6.92 Å². The molecule has 21 heavy (non-hydrogen) atoms. The van der Waals surface area contributed by atoms with Crippen molar-refractivity contribution in [1.82, 2.24) is 9.29 Å². The number of sulfonamides is 1. The van der Waals surface area contributed by atoms with Gasteiger partial charge in [0.15, 0.2) is 0 Å². The number of hydrogen-bond donors (Lipinski definition) is 1. The van der Waals surface area contributed by atoms with Crippen LogP contribution < -0.4 is 5.32 Å². The van der Waals surface area contributed by atoms with Crippen molar-refractivity contribution >= 4 is 15.8 Å². The van der Waals surface area contributed by atoms with Crippen LogP contribution in [-0.2, 0) is 10.0 Å².